The minimum Gasteiger partial charge on any atom is -0.488 e. The molecule has 4 heteroatoms. The third-order valence-electron chi connectivity index (χ3n) is 6.22. The predicted octanol–water partition coefficient (Wildman–Crippen LogP) is 6.92. The minimum atomic E-state index is -0.475. The SMILES string of the molecule is O=C1ON=C(c2ccccc2)/C1=C/c1c(OCc2cccc3ccccc23)ccc2ccccc12. The van der Waals surface area contributed by atoms with Gasteiger partial charge in [0.1, 0.15) is 18.1 Å². The van der Waals surface area contributed by atoms with Gasteiger partial charge in [-0.15, -0.1) is 0 Å². The third-order valence-corrected chi connectivity index (χ3v) is 6.22. The summed E-state index contributed by atoms with van der Waals surface area (Å²) in [4.78, 5) is 17.8. The molecule has 0 aliphatic carbocycles. The van der Waals surface area contributed by atoms with Crippen molar-refractivity contribution in [3.05, 3.63) is 131 Å². The van der Waals surface area contributed by atoms with Crippen LogP contribution >= 0.6 is 0 Å². The Bertz CT molecular complexity index is 1630. The van der Waals surface area contributed by atoms with E-state index in [0.29, 0.717) is 23.6 Å². The molecule has 0 spiro atoms. The molecule has 0 radical (unpaired) electrons. The van der Waals surface area contributed by atoms with Crippen molar-refractivity contribution in [2.45, 2.75) is 6.61 Å². The van der Waals surface area contributed by atoms with Crippen molar-refractivity contribution in [2.75, 3.05) is 0 Å². The van der Waals surface area contributed by atoms with Gasteiger partial charge in [-0.05, 0) is 39.3 Å². The van der Waals surface area contributed by atoms with Gasteiger partial charge in [0.05, 0.1) is 5.57 Å². The lowest BCUT2D eigenvalue weighted by Gasteiger charge is -2.14. The lowest BCUT2D eigenvalue weighted by atomic mass is 9.97. The minimum absolute atomic E-state index is 0.403. The van der Waals surface area contributed by atoms with E-state index in [1.807, 2.05) is 91.0 Å². The molecule has 5 aromatic carbocycles. The Hall–Kier alpha value is -4.70. The van der Waals surface area contributed by atoms with E-state index in [1.165, 1.54) is 5.39 Å². The number of ether oxygens (including phenoxy) is 1. The quantitative estimate of drug-likeness (QED) is 0.214. The first-order valence-electron chi connectivity index (χ1n) is 11.5. The van der Waals surface area contributed by atoms with Crippen LogP contribution in [0.4, 0.5) is 0 Å². The molecule has 0 bridgehead atoms. The van der Waals surface area contributed by atoms with Crippen molar-refractivity contribution in [3.63, 3.8) is 0 Å². The van der Waals surface area contributed by atoms with Gasteiger partial charge in [-0.1, -0.05) is 108 Å². The zero-order chi connectivity index (χ0) is 23.6. The predicted molar refractivity (Wildman–Crippen MR) is 139 cm³/mol. The molecule has 1 aliphatic rings. The van der Waals surface area contributed by atoms with Gasteiger partial charge in [0.2, 0.25) is 0 Å². The summed E-state index contributed by atoms with van der Waals surface area (Å²) in [7, 11) is 0. The Morgan fingerprint density at radius 2 is 1.40 bits per heavy atom. The Morgan fingerprint density at radius 3 is 2.23 bits per heavy atom. The van der Waals surface area contributed by atoms with Gasteiger partial charge in [-0.3, -0.25) is 0 Å². The lowest BCUT2D eigenvalue weighted by molar-refractivity contribution is -0.136. The fourth-order valence-corrected chi connectivity index (χ4v) is 4.48. The Labute approximate surface area is 202 Å². The third kappa shape index (κ3) is 3.96. The first-order chi connectivity index (χ1) is 17.3. The van der Waals surface area contributed by atoms with Crippen LogP contribution in [-0.2, 0) is 16.2 Å². The second-order valence-corrected chi connectivity index (χ2v) is 8.37. The van der Waals surface area contributed by atoms with E-state index in [2.05, 4.69) is 29.4 Å². The van der Waals surface area contributed by atoms with Crippen LogP contribution < -0.4 is 4.74 Å². The van der Waals surface area contributed by atoms with Crippen molar-refractivity contribution in [3.8, 4) is 5.75 Å². The van der Waals surface area contributed by atoms with Gasteiger partial charge in [0.15, 0.2) is 0 Å². The van der Waals surface area contributed by atoms with Gasteiger partial charge < -0.3 is 9.57 Å². The zero-order valence-electron chi connectivity index (χ0n) is 18.8. The number of fused-ring (bicyclic) bond motifs is 2. The maximum absolute atomic E-state index is 12.7. The van der Waals surface area contributed by atoms with Crippen molar-refractivity contribution in [1.82, 2.24) is 0 Å². The molecular formula is C31H21NO3. The van der Waals surface area contributed by atoms with Gasteiger partial charge in [0.25, 0.3) is 0 Å². The second kappa shape index (κ2) is 8.92. The summed E-state index contributed by atoms with van der Waals surface area (Å²) in [5.74, 6) is 0.216. The Morgan fingerprint density at radius 1 is 0.714 bits per heavy atom. The average molecular weight is 456 g/mol. The van der Waals surface area contributed by atoms with Gasteiger partial charge >= 0.3 is 5.97 Å². The molecule has 35 heavy (non-hydrogen) atoms. The fourth-order valence-electron chi connectivity index (χ4n) is 4.48. The first kappa shape index (κ1) is 20.9. The number of hydrogen-bond acceptors (Lipinski definition) is 4. The van der Waals surface area contributed by atoms with Crippen LogP contribution in [-0.4, -0.2) is 11.7 Å². The second-order valence-electron chi connectivity index (χ2n) is 8.37. The topological polar surface area (TPSA) is 47.9 Å². The summed E-state index contributed by atoms with van der Waals surface area (Å²) in [5.41, 5.74) is 3.66. The summed E-state index contributed by atoms with van der Waals surface area (Å²) in [6.07, 6.45) is 1.84. The van der Waals surface area contributed by atoms with Crippen LogP contribution in [0, 0.1) is 0 Å². The molecule has 168 valence electrons. The first-order valence-corrected chi connectivity index (χ1v) is 11.5. The normalized spacial score (nSPS) is 14.3. The lowest BCUT2D eigenvalue weighted by Crippen LogP contribution is -2.07. The van der Waals surface area contributed by atoms with Crippen LogP contribution in [0.3, 0.4) is 0 Å². The highest BCUT2D eigenvalue weighted by Crippen LogP contribution is 2.33. The van der Waals surface area contributed by atoms with Crippen LogP contribution in [0.25, 0.3) is 27.6 Å². The van der Waals surface area contributed by atoms with E-state index in [0.717, 1.165) is 32.8 Å². The number of oxime groups is 1. The van der Waals surface area contributed by atoms with Crippen LogP contribution in [0.15, 0.2) is 120 Å². The highest BCUT2D eigenvalue weighted by atomic mass is 16.7. The monoisotopic (exact) mass is 455 g/mol. The maximum atomic E-state index is 12.7. The molecule has 6 rings (SSSR count). The van der Waals surface area contributed by atoms with Crippen molar-refractivity contribution in [1.29, 1.82) is 0 Å². The largest absolute Gasteiger partial charge is 0.488 e. The number of carbonyl (C=O) groups excluding carboxylic acids is 1. The smallest absolute Gasteiger partial charge is 0.368 e. The molecule has 0 aromatic heterocycles. The Kier molecular flexibility index (Phi) is 5.32. The van der Waals surface area contributed by atoms with Crippen molar-refractivity contribution < 1.29 is 14.4 Å². The molecule has 0 N–H and O–H groups in total. The van der Waals surface area contributed by atoms with E-state index in [4.69, 9.17) is 9.57 Å². The highest BCUT2D eigenvalue weighted by molar-refractivity contribution is 6.31. The van der Waals surface area contributed by atoms with Crippen LogP contribution in [0.5, 0.6) is 5.75 Å². The molecule has 4 nitrogen and oxygen atoms in total. The Balaban J connectivity index is 1.44. The van der Waals surface area contributed by atoms with E-state index >= 15 is 0 Å². The molecule has 0 fully saturated rings. The van der Waals surface area contributed by atoms with Crippen molar-refractivity contribution >= 4 is 39.3 Å². The molecule has 1 heterocycles. The molecule has 0 saturated heterocycles. The van der Waals surface area contributed by atoms with E-state index < -0.39 is 5.97 Å². The number of nitrogens with zero attached hydrogens (tertiary/aromatic N) is 1. The maximum Gasteiger partial charge on any atom is 0.368 e. The van der Waals surface area contributed by atoms with Gasteiger partial charge in [-0.2, -0.15) is 0 Å². The van der Waals surface area contributed by atoms with Crippen LogP contribution in [0.1, 0.15) is 16.7 Å². The molecular weight excluding hydrogens is 434 g/mol. The van der Waals surface area contributed by atoms with E-state index in [1.54, 1.807) is 0 Å². The standard InChI is InChI=1S/C31H21NO3/c33-31-28(30(32-35-31)23-11-2-1-3-12-23)19-27-26-16-7-5-10-22(26)17-18-29(27)34-20-24-14-8-13-21-9-4-6-15-25(21)24/h1-19H,20H2/b28-19-. The average Bonchev–Trinajstić information content (AvgIpc) is 3.28. The number of benzene rings is 5. The summed E-state index contributed by atoms with van der Waals surface area (Å²) in [6, 6.07) is 36.1. The summed E-state index contributed by atoms with van der Waals surface area (Å²) < 4.78 is 6.39. The molecule has 0 saturated carbocycles. The molecule has 1 aliphatic heterocycles. The molecule has 5 aromatic rings. The van der Waals surface area contributed by atoms with E-state index in [9.17, 15) is 4.79 Å². The van der Waals surface area contributed by atoms with Crippen LogP contribution in [0.2, 0.25) is 0 Å². The van der Waals surface area contributed by atoms with Crippen molar-refractivity contribution in [2.24, 2.45) is 5.16 Å². The van der Waals surface area contributed by atoms with E-state index in [-0.39, 0.29) is 0 Å². The molecule has 0 unspecified atom stereocenters. The number of rotatable bonds is 5. The zero-order valence-corrected chi connectivity index (χ0v) is 18.8. The molecule has 0 atom stereocenters. The summed E-state index contributed by atoms with van der Waals surface area (Å²) in [5, 5.41) is 8.44. The number of hydrogen-bond donors (Lipinski definition) is 0. The highest BCUT2D eigenvalue weighted by Gasteiger charge is 2.27. The fraction of sp³-hybridized carbons (Fsp3) is 0.0323. The van der Waals surface area contributed by atoms with Gasteiger partial charge in [-0.25, -0.2) is 4.79 Å². The van der Waals surface area contributed by atoms with Gasteiger partial charge in [0, 0.05) is 11.1 Å². The summed E-state index contributed by atoms with van der Waals surface area (Å²) >= 11 is 0. The summed E-state index contributed by atoms with van der Waals surface area (Å²) in [6.45, 7) is 0.403. The molecule has 0 amide bonds. The number of carbonyl (C=O) groups is 1.